The van der Waals surface area contributed by atoms with Crippen LogP contribution in [0.2, 0.25) is 0 Å². The second-order valence-corrected chi connectivity index (χ2v) is 4.55. The molecule has 0 spiro atoms. The zero-order chi connectivity index (χ0) is 12.7. The molecule has 0 radical (unpaired) electrons. The first kappa shape index (κ1) is 14.0. The molecule has 1 aromatic carbocycles. The van der Waals surface area contributed by atoms with Gasteiger partial charge < -0.3 is 10.1 Å². The third kappa shape index (κ3) is 4.39. The number of ether oxygens (including phenoxy) is 1. The fourth-order valence-corrected chi connectivity index (χ4v) is 1.72. The van der Waals surface area contributed by atoms with Crippen molar-refractivity contribution in [3.8, 4) is 5.75 Å². The van der Waals surface area contributed by atoms with Crippen LogP contribution in [-0.4, -0.2) is 12.6 Å². The van der Waals surface area contributed by atoms with E-state index in [0.29, 0.717) is 6.04 Å². The number of nitrogens with one attached hydrogen (secondary N) is 1. The Hall–Kier alpha value is -1.02. The van der Waals surface area contributed by atoms with Gasteiger partial charge in [0.25, 0.3) is 0 Å². The van der Waals surface area contributed by atoms with Gasteiger partial charge in [0.2, 0.25) is 0 Å². The summed E-state index contributed by atoms with van der Waals surface area (Å²) in [5, 5.41) is 3.50. The van der Waals surface area contributed by atoms with Crippen LogP contribution in [0.15, 0.2) is 24.3 Å². The summed E-state index contributed by atoms with van der Waals surface area (Å²) >= 11 is 0. The largest absolute Gasteiger partial charge is 0.490 e. The molecule has 0 saturated heterocycles. The molecule has 0 aromatic heterocycles. The monoisotopic (exact) mass is 235 g/mol. The third-order valence-electron chi connectivity index (χ3n) is 2.99. The fourth-order valence-electron chi connectivity index (χ4n) is 1.72. The highest BCUT2D eigenvalue weighted by Crippen LogP contribution is 2.26. The van der Waals surface area contributed by atoms with Gasteiger partial charge in [-0.1, -0.05) is 32.0 Å². The van der Waals surface area contributed by atoms with Crippen LogP contribution in [0.5, 0.6) is 5.75 Å². The summed E-state index contributed by atoms with van der Waals surface area (Å²) in [6.07, 6.45) is 2.46. The maximum atomic E-state index is 5.96. The van der Waals surface area contributed by atoms with Gasteiger partial charge in [0.1, 0.15) is 5.75 Å². The van der Waals surface area contributed by atoms with Crippen LogP contribution >= 0.6 is 0 Å². The number of benzene rings is 1. The first-order valence-electron chi connectivity index (χ1n) is 6.68. The van der Waals surface area contributed by atoms with E-state index in [4.69, 9.17) is 4.74 Å². The molecule has 0 bridgehead atoms. The Balaban J connectivity index is 2.76. The summed E-state index contributed by atoms with van der Waals surface area (Å²) in [5.74, 6) is 1.01. The zero-order valence-corrected chi connectivity index (χ0v) is 11.5. The predicted molar refractivity (Wildman–Crippen MR) is 73.5 cm³/mol. The second kappa shape index (κ2) is 7.33. The van der Waals surface area contributed by atoms with E-state index in [0.717, 1.165) is 25.1 Å². The summed E-state index contributed by atoms with van der Waals surface area (Å²) in [6, 6.07) is 8.66. The summed E-state index contributed by atoms with van der Waals surface area (Å²) < 4.78 is 5.96. The molecule has 2 heteroatoms. The van der Waals surface area contributed by atoms with Crippen molar-refractivity contribution in [3.05, 3.63) is 29.8 Å². The fraction of sp³-hybridized carbons (Fsp3) is 0.600. The summed E-state index contributed by atoms with van der Waals surface area (Å²) in [4.78, 5) is 0. The van der Waals surface area contributed by atoms with E-state index in [-0.39, 0.29) is 6.10 Å². The normalized spacial score (nSPS) is 14.4. The number of rotatable bonds is 7. The molecule has 0 aliphatic carbocycles. The molecule has 0 saturated carbocycles. The molecule has 0 heterocycles. The van der Waals surface area contributed by atoms with Crippen LogP contribution in [0.25, 0.3) is 0 Å². The Morgan fingerprint density at radius 2 is 1.88 bits per heavy atom. The van der Waals surface area contributed by atoms with Gasteiger partial charge in [-0.3, -0.25) is 0 Å². The van der Waals surface area contributed by atoms with E-state index in [9.17, 15) is 0 Å². The SMILES string of the molecule is CCCN[C@H](C)c1ccccc1O[C@@H](C)CC. The van der Waals surface area contributed by atoms with E-state index >= 15 is 0 Å². The topological polar surface area (TPSA) is 21.3 Å². The highest BCUT2D eigenvalue weighted by molar-refractivity contribution is 5.35. The molecule has 1 N–H and O–H groups in total. The Labute approximate surface area is 105 Å². The van der Waals surface area contributed by atoms with Crippen LogP contribution in [0, 0.1) is 0 Å². The average Bonchev–Trinajstić information content (AvgIpc) is 2.36. The lowest BCUT2D eigenvalue weighted by Gasteiger charge is -2.20. The number of hydrogen-bond acceptors (Lipinski definition) is 2. The van der Waals surface area contributed by atoms with Gasteiger partial charge in [0.05, 0.1) is 6.10 Å². The lowest BCUT2D eigenvalue weighted by Crippen LogP contribution is -2.21. The molecule has 0 aliphatic rings. The van der Waals surface area contributed by atoms with E-state index < -0.39 is 0 Å². The van der Waals surface area contributed by atoms with Crippen molar-refractivity contribution in [1.82, 2.24) is 5.32 Å². The molecule has 2 nitrogen and oxygen atoms in total. The van der Waals surface area contributed by atoms with Crippen molar-refractivity contribution < 1.29 is 4.74 Å². The molecule has 17 heavy (non-hydrogen) atoms. The minimum absolute atomic E-state index is 0.273. The van der Waals surface area contributed by atoms with Crippen LogP contribution in [0.1, 0.15) is 52.1 Å². The maximum absolute atomic E-state index is 5.96. The van der Waals surface area contributed by atoms with E-state index in [2.05, 4.69) is 51.2 Å². The third-order valence-corrected chi connectivity index (χ3v) is 2.99. The van der Waals surface area contributed by atoms with Gasteiger partial charge in [-0.25, -0.2) is 0 Å². The van der Waals surface area contributed by atoms with Gasteiger partial charge in [-0.15, -0.1) is 0 Å². The van der Waals surface area contributed by atoms with Crippen LogP contribution < -0.4 is 10.1 Å². The molecular weight excluding hydrogens is 210 g/mol. The standard InChI is InChI=1S/C15H25NO/c1-5-11-16-13(4)14-9-7-8-10-15(14)17-12(3)6-2/h7-10,12-13,16H,5-6,11H2,1-4H3/t12-,13+/m0/s1. The first-order chi connectivity index (χ1) is 8.19. The quantitative estimate of drug-likeness (QED) is 0.773. The van der Waals surface area contributed by atoms with Crippen molar-refractivity contribution in [2.45, 2.75) is 52.7 Å². The molecular formula is C15H25NO. The number of hydrogen-bond donors (Lipinski definition) is 1. The minimum atomic E-state index is 0.273. The smallest absolute Gasteiger partial charge is 0.124 e. The van der Waals surface area contributed by atoms with Gasteiger partial charge in [0.15, 0.2) is 0 Å². The molecule has 0 aliphatic heterocycles. The molecule has 0 fully saturated rings. The molecule has 1 aromatic rings. The Morgan fingerprint density at radius 3 is 2.53 bits per heavy atom. The van der Waals surface area contributed by atoms with Gasteiger partial charge in [0, 0.05) is 11.6 Å². The highest BCUT2D eigenvalue weighted by atomic mass is 16.5. The van der Waals surface area contributed by atoms with Gasteiger partial charge in [-0.05, 0) is 39.3 Å². The Bertz CT molecular complexity index is 324. The summed E-state index contributed by atoms with van der Waals surface area (Å²) in [7, 11) is 0. The predicted octanol–water partition coefficient (Wildman–Crippen LogP) is 3.92. The Morgan fingerprint density at radius 1 is 1.18 bits per heavy atom. The van der Waals surface area contributed by atoms with E-state index in [1.807, 2.05) is 6.07 Å². The lowest BCUT2D eigenvalue weighted by atomic mass is 10.1. The van der Waals surface area contributed by atoms with Crippen molar-refractivity contribution in [1.29, 1.82) is 0 Å². The van der Waals surface area contributed by atoms with Crippen LogP contribution in [0.4, 0.5) is 0 Å². The molecule has 1 rings (SSSR count). The molecule has 2 atom stereocenters. The number of para-hydroxylation sites is 1. The first-order valence-corrected chi connectivity index (χ1v) is 6.68. The highest BCUT2D eigenvalue weighted by Gasteiger charge is 2.11. The second-order valence-electron chi connectivity index (χ2n) is 4.55. The van der Waals surface area contributed by atoms with Gasteiger partial charge >= 0.3 is 0 Å². The molecule has 0 amide bonds. The van der Waals surface area contributed by atoms with Crippen LogP contribution in [-0.2, 0) is 0 Å². The average molecular weight is 235 g/mol. The van der Waals surface area contributed by atoms with Crippen molar-refractivity contribution >= 4 is 0 Å². The van der Waals surface area contributed by atoms with Crippen LogP contribution in [0.3, 0.4) is 0 Å². The van der Waals surface area contributed by atoms with E-state index in [1.165, 1.54) is 5.56 Å². The van der Waals surface area contributed by atoms with Crippen molar-refractivity contribution in [3.63, 3.8) is 0 Å². The van der Waals surface area contributed by atoms with Crippen molar-refractivity contribution in [2.75, 3.05) is 6.54 Å². The lowest BCUT2D eigenvalue weighted by molar-refractivity contribution is 0.213. The van der Waals surface area contributed by atoms with Gasteiger partial charge in [-0.2, -0.15) is 0 Å². The summed E-state index contributed by atoms with van der Waals surface area (Å²) in [5.41, 5.74) is 1.25. The van der Waals surface area contributed by atoms with Crippen molar-refractivity contribution in [2.24, 2.45) is 0 Å². The zero-order valence-electron chi connectivity index (χ0n) is 11.5. The minimum Gasteiger partial charge on any atom is -0.490 e. The maximum Gasteiger partial charge on any atom is 0.124 e. The molecule has 0 unspecified atom stereocenters. The Kier molecular flexibility index (Phi) is 6.06. The van der Waals surface area contributed by atoms with E-state index in [1.54, 1.807) is 0 Å². The molecule has 96 valence electrons. The summed E-state index contributed by atoms with van der Waals surface area (Å²) in [6.45, 7) is 9.67.